The molecule has 1 heterocycles. The predicted octanol–water partition coefficient (Wildman–Crippen LogP) is 0.0515. The molecule has 5 nitrogen and oxygen atoms in total. The molecule has 0 radical (unpaired) electrons. The van der Waals surface area contributed by atoms with Crippen molar-refractivity contribution in [3.63, 3.8) is 0 Å². The van der Waals surface area contributed by atoms with Crippen LogP contribution in [0.5, 0.6) is 0 Å². The van der Waals surface area contributed by atoms with Crippen molar-refractivity contribution in [3.8, 4) is 0 Å². The van der Waals surface area contributed by atoms with Crippen molar-refractivity contribution >= 4 is 5.95 Å². The monoisotopic (exact) mass is 197 g/mol. The van der Waals surface area contributed by atoms with Crippen LogP contribution < -0.4 is 4.90 Å². The van der Waals surface area contributed by atoms with Crippen LogP contribution in [0.4, 0.5) is 5.95 Å². The zero-order chi connectivity index (χ0) is 10.4. The number of nitrogens with zero attached hydrogens (tertiary/aromatic N) is 3. The first-order valence-electron chi connectivity index (χ1n) is 4.40. The molecular weight excluding hydrogens is 182 g/mol. The lowest BCUT2D eigenvalue weighted by Crippen LogP contribution is -2.23. The number of aromatic nitrogens is 2. The molecule has 0 bridgehead atoms. The van der Waals surface area contributed by atoms with Gasteiger partial charge in [-0.1, -0.05) is 0 Å². The van der Waals surface area contributed by atoms with Crippen molar-refractivity contribution in [2.45, 2.75) is 6.61 Å². The Labute approximate surface area is 83.4 Å². The van der Waals surface area contributed by atoms with E-state index in [4.69, 9.17) is 9.84 Å². The molecule has 1 aromatic rings. The van der Waals surface area contributed by atoms with Gasteiger partial charge in [0, 0.05) is 26.9 Å². The number of likely N-dealkylation sites (N-methyl/N-ethyl adjacent to an activating group) is 1. The summed E-state index contributed by atoms with van der Waals surface area (Å²) in [6, 6.07) is 1.81. The molecule has 0 amide bonds. The molecule has 78 valence electrons. The molecule has 1 N–H and O–H groups in total. The lowest BCUT2D eigenvalue weighted by Gasteiger charge is -2.15. The summed E-state index contributed by atoms with van der Waals surface area (Å²) in [5, 5.41) is 8.75. The zero-order valence-electron chi connectivity index (χ0n) is 8.47. The van der Waals surface area contributed by atoms with Gasteiger partial charge in [0.25, 0.3) is 0 Å². The number of aliphatic hydroxyl groups is 1. The molecular formula is C9H15N3O2. The van der Waals surface area contributed by atoms with Gasteiger partial charge in [-0.05, 0) is 6.07 Å². The third-order valence-corrected chi connectivity index (χ3v) is 1.77. The van der Waals surface area contributed by atoms with Gasteiger partial charge in [0.2, 0.25) is 5.95 Å². The van der Waals surface area contributed by atoms with Crippen molar-refractivity contribution in [2.75, 3.05) is 32.2 Å². The van der Waals surface area contributed by atoms with Crippen molar-refractivity contribution < 1.29 is 9.84 Å². The van der Waals surface area contributed by atoms with Gasteiger partial charge in [-0.25, -0.2) is 9.97 Å². The Morgan fingerprint density at radius 2 is 2.36 bits per heavy atom. The number of hydrogen-bond acceptors (Lipinski definition) is 5. The van der Waals surface area contributed by atoms with Crippen LogP contribution in [0.3, 0.4) is 0 Å². The predicted molar refractivity (Wildman–Crippen MR) is 53.1 cm³/mol. The van der Waals surface area contributed by atoms with E-state index in [9.17, 15) is 0 Å². The molecule has 0 spiro atoms. The first-order chi connectivity index (χ1) is 6.77. The smallest absolute Gasteiger partial charge is 0.225 e. The highest BCUT2D eigenvalue weighted by molar-refractivity contribution is 5.28. The van der Waals surface area contributed by atoms with E-state index in [2.05, 4.69) is 9.97 Å². The highest BCUT2D eigenvalue weighted by Gasteiger charge is 2.03. The van der Waals surface area contributed by atoms with Gasteiger partial charge in [0.15, 0.2) is 0 Å². The fourth-order valence-corrected chi connectivity index (χ4v) is 1.05. The second-order valence-electron chi connectivity index (χ2n) is 2.93. The average molecular weight is 197 g/mol. The number of ether oxygens (including phenoxy) is 1. The van der Waals surface area contributed by atoms with Gasteiger partial charge in [0.1, 0.15) is 0 Å². The third kappa shape index (κ3) is 2.93. The van der Waals surface area contributed by atoms with Gasteiger partial charge < -0.3 is 14.7 Å². The van der Waals surface area contributed by atoms with E-state index >= 15 is 0 Å². The van der Waals surface area contributed by atoms with Crippen LogP contribution in [0.15, 0.2) is 12.3 Å². The normalized spacial score (nSPS) is 10.2. The van der Waals surface area contributed by atoms with Crippen molar-refractivity contribution in [3.05, 3.63) is 18.0 Å². The quantitative estimate of drug-likeness (QED) is 0.723. The number of methoxy groups -OCH3 is 1. The third-order valence-electron chi connectivity index (χ3n) is 1.77. The summed E-state index contributed by atoms with van der Waals surface area (Å²) in [5.41, 5.74) is 0.835. The Kier molecular flexibility index (Phi) is 4.28. The van der Waals surface area contributed by atoms with E-state index in [0.29, 0.717) is 19.1 Å². The van der Waals surface area contributed by atoms with Crippen molar-refractivity contribution in [1.82, 2.24) is 9.97 Å². The minimum Gasteiger partial charge on any atom is -0.395 e. The molecule has 0 saturated heterocycles. The van der Waals surface area contributed by atoms with Crippen LogP contribution in [0, 0.1) is 0 Å². The second kappa shape index (κ2) is 5.51. The molecule has 0 aromatic carbocycles. The molecule has 0 aliphatic carbocycles. The molecule has 0 saturated carbocycles. The van der Waals surface area contributed by atoms with Crippen LogP contribution in [-0.2, 0) is 11.3 Å². The molecule has 0 aliphatic rings. The van der Waals surface area contributed by atoms with E-state index in [0.717, 1.165) is 5.69 Å². The van der Waals surface area contributed by atoms with Gasteiger partial charge >= 0.3 is 0 Å². The summed E-state index contributed by atoms with van der Waals surface area (Å²) in [5.74, 6) is 0.605. The van der Waals surface area contributed by atoms with E-state index in [1.807, 2.05) is 7.05 Å². The molecule has 1 aromatic heterocycles. The standard InChI is InChI=1S/C9H15N3O2/c1-12(5-6-13)9-10-4-3-8(11-9)7-14-2/h3-4,13H,5-7H2,1-2H3. The highest BCUT2D eigenvalue weighted by atomic mass is 16.5. The topological polar surface area (TPSA) is 58.5 Å². The van der Waals surface area contributed by atoms with E-state index in [1.165, 1.54) is 0 Å². The van der Waals surface area contributed by atoms with Crippen LogP contribution in [-0.4, -0.2) is 42.4 Å². The fourth-order valence-electron chi connectivity index (χ4n) is 1.05. The molecule has 0 atom stereocenters. The second-order valence-corrected chi connectivity index (χ2v) is 2.93. The number of aliphatic hydroxyl groups excluding tert-OH is 1. The maximum atomic E-state index is 8.75. The summed E-state index contributed by atoms with van der Waals surface area (Å²) >= 11 is 0. The molecule has 0 unspecified atom stereocenters. The molecule has 0 fully saturated rings. The molecule has 0 aliphatic heterocycles. The first kappa shape index (κ1) is 10.9. The van der Waals surface area contributed by atoms with Gasteiger partial charge in [0.05, 0.1) is 18.9 Å². The summed E-state index contributed by atoms with van der Waals surface area (Å²) in [7, 11) is 3.46. The Morgan fingerprint density at radius 3 is 3.00 bits per heavy atom. The minimum absolute atomic E-state index is 0.0916. The summed E-state index contributed by atoms with van der Waals surface area (Å²) in [4.78, 5) is 10.1. The maximum Gasteiger partial charge on any atom is 0.225 e. The van der Waals surface area contributed by atoms with Gasteiger partial charge in [-0.3, -0.25) is 0 Å². The Hall–Kier alpha value is -1.20. The van der Waals surface area contributed by atoms with Crippen LogP contribution in [0.2, 0.25) is 0 Å². The van der Waals surface area contributed by atoms with E-state index in [-0.39, 0.29) is 6.61 Å². The lowest BCUT2D eigenvalue weighted by atomic mass is 10.4. The summed E-state index contributed by atoms with van der Waals surface area (Å²) in [6.07, 6.45) is 1.69. The van der Waals surface area contributed by atoms with Gasteiger partial charge in [-0.2, -0.15) is 0 Å². The Morgan fingerprint density at radius 1 is 1.57 bits per heavy atom. The average Bonchev–Trinajstić information content (AvgIpc) is 2.19. The van der Waals surface area contributed by atoms with Crippen LogP contribution >= 0.6 is 0 Å². The number of rotatable bonds is 5. The minimum atomic E-state index is 0.0916. The summed E-state index contributed by atoms with van der Waals surface area (Å²) < 4.78 is 4.96. The largest absolute Gasteiger partial charge is 0.395 e. The van der Waals surface area contributed by atoms with Crippen LogP contribution in [0.1, 0.15) is 5.69 Å². The van der Waals surface area contributed by atoms with E-state index in [1.54, 1.807) is 24.3 Å². The molecule has 1 rings (SSSR count). The van der Waals surface area contributed by atoms with Gasteiger partial charge in [-0.15, -0.1) is 0 Å². The van der Waals surface area contributed by atoms with Crippen molar-refractivity contribution in [2.24, 2.45) is 0 Å². The van der Waals surface area contributed by atoms with Crippen LogP contribution in [0.25, 0.3) is 0 Å². The summed E-state index contributed by atoms with van der Waals surface area (Å²) in [6.45, 7) is 1.09. The maximum absolute atomic E-state index is 8.75. The number of hydrogen-bond donors (Lipinski definition) is 1. The fraction of sp³-hybridized carbons (Fsp3) is 0.556. The Balaban J connectivity index is 2.71. The molecule has 5 heteroatoms. The lowest BCUT2D eigenvalue weighted by molar-refractivity contribution is 0.181. The first-order valence-corrected chi connectivity index (χ1v) is 4.40. The molecule has 14 heavy (non-hydrogen) atoms. The van der Waals surface area contributed by atoms with Crippen molar-refractivity contribution in [1.29, 1.82) is 0 Å². The van der Waals surface area contributed by atoms with E-state index < -0.39 is 0 Å². The number of anilines is 1. The zero-order valence-corrected chi connectivity index (χ0v) is 8.47. The SMILES string of the molecule is COCc1ccnc(N(C)CCO)n1. The highest BCUT2D eigenvalue weighted by Crippen LogP contribution is 2.05. The Bertz CT molecular complexity index is 281.